The van der Waals surface area contributed by atoms with E-state index in [2.05, 4.69) is 10.6 Å². The molecule has 0 saturated heterocycles. The predicted molar refractivity (Wildman–Crippen MR) is 35.5 cm³/mol. The minimum absolute atomic E-state index is 0.0225. The molecular weight excluding hydrogens is 134 g/mol. The van der Waals surface area contributed by atoms with Crippen LogP contribution in [0.1, 0.15) is 0 Å². The van der Waals surface area contributed by atoms with Gasteiger partial charge in [-0.25, -0.2) is 0 Å². The molecule has 0 bridgehead atoms. The molecule has 0 fully saturated rings. The van der Waals surface area contributed by atoms with Gasteiger partial charge in [0.1, 0.15) is 5.82 Å². The summed E-state index contributed by atoms with van der Waals surface area (Å²) >= 11 is 0. The molecule has 0 heterocycles. The van der Waals surface area contributed by atoms with E-state index in [1.54, 1.807) is 0 Å². The highest BCUT2D eigenvalue weighted by molar-refractivity contribution is 5.88. The Hall–Kier alpha value is -1.52. The van der Waals surface area contributed by atoms with Gasteiger partial charge >= 0.3 is 0 Å². The Morgan fingerprint density at radius 3 is 2.60 bits per heavy atom. The molecule has 0 saturated carbocycles. The van der Waals surface area contributed by atoms with Crippen LogP contribution in [0.15, 0.2) is 11.9 Å². The summed E-state index contributed by atoms with van der Waals surface area (Å²) in [5.74, 6) is -0.332. The van der Waals surface area contributed by atoms with Gasteiger partial charge in [-0.15, -0.1) is 0 Å². The van der Waals surface area contributed by atoms with Gasteiger partial charge in [0.25, 0.3) is 0 Å². The van der Waals surface area contributed by atoms with Gasteiger partial charge in [0.05, 0.1) is 0 Å². The number of hydrogen-bond acceptors (Lipinski definition) is 3. The molecule has 56 valence electrons. The zero-order chi connectivity index (χ0) is 7.98. The molecule has 0 spiro atoms. The van der Waals surface area contributed by atoms with E-state index in [0.717, 1.165) is 6.08 Å². The van der Waals surface area contributed by atoms with Crippen LogP contribution in [0.2, 0.25) is 0 Å². The van der Waals surface area contributed by atoms with Gasteiger partial charge in [-0.1, -0.05) is 0 Å². The summed E-state index contributed by atoms with van der Waals surface area (Å²) < 4.78 is 0. The highest BCUT2D eigenvalue weighted by Gasteiger charge is 1.91. The number of likely N-dealkylation sites (N-methyl/N-ethyl adjacent to an activating group) is 1. The van der Waals surface area contributed by atoms with E-state index in [1.807, 2.05) is 0 Å². The fraction of sp³-hybridized carbons (Fsp3) is 0.200. The quantitative estimate of drug-likeness (QED) is 0.324. The molecule has 0 aliphatic rings. The molecule has 4 N–H and O–H groups in total. The third kappa shape index (κ3) is 3.48. The largest absolute Gasteiger partial charge is 0.385 e. The Bertz CT molecular complexity index is 164. The SMILES string of the molecule is CNC(=O)/C=C(/N)NC=O. The lowest BCUT2D eigenvalue weighted by Gasteiger charge is -1.95. The predicted octanol–water partition coefficient (Wildman–Crippen LogP) is -1.72. The molecule has 10 heavy (non-hydrogen) atoms. The molecule has 0 radical (unpaired) electrons. The lowest BCUT2D eigenvalue weighted by molar-refractivity contribution is -0.116. The van der Waals surface area contributed by atoms with Crippen molar-refractivity contribution < 1.29 is 9.59 Å². The molecule has 0 aromatic carbocycles. The second-order valence-corrected chi connectivity index (χ2v) is 1.48. The Labute approximate surface area is 58.3 Å². The highest BCUT2D eigenvalue weighted by Crippen LogP contribution is 1.73. The third-order valence-corrected chi connectivity index (χ3v) is 0.759. The number of nitrogens with two attached hydrogens (primary N) is 1. The second kappa shape index (κ2) is 4.37. The average Bonchev–Trinajstić information content (AvgIpc) is 1.88. The van der Waals surface area contributed by atoms with Gasteiger partial charge in [0, 0.05) is 13.1 Å². The fourth-order valence-corrected chi connectivity index (χ4v) is 0.323. The van der Waals surface area contributed by atoms with Gasteiger partial charge in [0.2, 0.25) is 12.3 Å². The summed E-state index contributed by atoms with van der Waals surface area (Å²) in [4.78, 5) is 20.2. The maximum absolute atomic E-state index is 10.5. The van der Waals surface area contributed by atoms with Crippen LogP contribution >= 0.6 is 0 Å². The van der Waals surface area contributed by atoms with Crippen molar-refractivity contribution in [3.8, 4) is 0 Å². The lowest BCUT2D eigenvalue weighted by atomic mass is 10.5. The van der Waals surface area contributed by atoms with Crippen molar-refractivity contribution in [3.63, 3.8) is 0 Å². The molecule has 0 aliphatic heterocycles. The first-order valence-electron chi connectivity index (χ1n) is 2.59. The van der Waals surface area contributed by atoms with Crippen molar-refractivity contribution in [2.45, 2.75) is 0 Å². The molecule has 5 nitrogen and oxygen atoms in total. The Morgan fingerprint density at radius 2 is 2.20 bits per heavy atom. The van der Waals surface area contributed by atoms with Crippen LogP contribution in [-0.2, 0) is 9.59 Å². The third-order valence-electron chi connectivity index (χ3n) is 0.759. The number of nitrogens with one attached hydrogen (secondary N) is 2. The molecule has 0 rings (SSSR count). The van der Waals surface area contributed by atoms with E-state index in [9.17, 15) is 9.59 Å². The van der Waals surface area contributed by atoms with Crippen molar-refractivity contribution in [2.24, 2.45) is 5.73 Å². The zero-order valence-corrected chi connectivity index (χ0v) is 5.55. The second-order valence-electron chi connectivity index (χ2n) is 1.48. The summed E-state index contributed by atoms with van der Waals surface area (Å²) in [6, 6.07) is 0. The van der Waals surface area contributed by atoms with Gasteiger partial charge in [-0.2, -0.15) is 0 Å². The van der Waals surface area contributed by atoms with Crippen molar-refractivity contribution in [2.75, 3.05) is 7.05 Å². The van der Waals surface area contributed by atoms with Crippen molar-refractivity contribution >= 4 is 12.3 Å². The van der Waals surface area contributed by atoms with Crippen LogP contribution in [0.25, 0.3) is 0 Å². The van der Waals surface area contributed by atoms with Crippen molar-refractivity contribution in [3.05, 3.63) is 11.9 Å². The van der Waals surface area contributed by atoms with Gasteiger partial charge in [-0.05, 0) is 0 Å². The smallest absolute Gasteiger partial charge is 0.247 e. The first-order valence-corrected chi connectivity index (χ1v) is 2.59. The summed E-state index contributed by atoms with van der Waals surface area (Å²) in [6.07, 6.45) is 1.48. The van der Waals surface area contributed by atoms with Crippen LogP contribution in [0.3, 0.4) is 0 Å². The molecule has 2 amide bonds. The normalized spacial score (nSPS) is 10.3. The molecule has 0 aromatic heterocycles. The van der Waals surface area contributed by atoms with Crippen LogP contribution in [0.5, 0.6) is 0 Å². The average molecular weight is 143 g/mol. The van der Waals surface area contributed by atoms with Gasteiger partial charge < -0.3 is 16.4 Å². The maximum atomic E-state index is 10.5. The molecule has 5 heteroatoms. The summed E-state index contributed by atoms with van der Waals surface area (Å²) in [5.41, 5.74) is 5.12. The van der Waals surface area contributed by atoms with Crippen LogP contribution in [0.4, 0.5) is 0 Å². The summed E-state index contributed by atoms with van der Waals surface area (Å²) in [7, 11) is 1.47. The molecular formula is C5H9N3O2. The van der Waals surface area contributed by atoms with E-state index in [1.165, 1.54) is 7.05 Å². The monoisotopic (exact) mass is 143 g/mol. The Morgan fingerprint density at radius 1 is 1.60 bits per heavy atom. The first kappa shape index (κ1) is 8.48. The highest BCUT2D eigenvalue weighted by atomic mass is 16.1. The van der Waals surface area contributed by atoms with Crippen LogP contribution in [0, 0.1) is 0 Å². The van der Waals surface area contributed by atoms with Crippen LogP contribution in [-0.4, -0.2) is 19.4 Å². The summed E-state index contributed by atoms with van der Waals surface area (Å²) in [6.45, 7) is 0. The van der Waals surface area contributed by atoms with Gasteiger partial charge in [-0.3, -0.25) is 9.59 Å². The van der Waals surface area contributed by atoms with Crippen LogP contribution < -0.4 is 16.4 Å². The standard InChI is InChI=1S/C5H9N3O2/c1-7-5(10)2-4(6)8-3-9/h2-3H,6H2,1H3,(H,7,10)(H,8,9)/b4-2-. The number of hydrogen-bond donors (Lipinski definition) is 3. The minimum Gasteiger partial charge on any atom is -0.385 e. The molecule has 0 atom stereocenters. The first-order chi connectivity index (χ1) is 4.70. The lowest BCUT2D eigenvalue weighted by Crippen LogP contribution is -2.23. The molecule has 0 aromatic rings. The molecule has 0 aliphatic carbocycles. The minimum atomic E-state index is -0.355. The number of amides is 2. The van der Waals surface area contributed by atoms with Gasteiger partial charge in [0.15, 0.2) is 0 Å². The molecule has 0 unspecified atom stereocenters. The van der Waals surface area contributed by atoms with E-state index in [0.29, 0.717) is 6.41 Å². The number of carbonyl (C=O) groups excluding carboxylic acids is 2. The van der Waals surface area contributed by atoms with E-state index < -0.39 is 0 Å². The van der Waals surface area contributed by atoms with E-state index in [4.69, 9.17) is 5.73 Å². The maximum Gasteiger partial charge on any atom is 0.247 e. The van der Waals surface area contributed by atoms with Crippen molar-refractivity contribution in [1.82, 2.24) is 10.6 Å². The summed E-state index contributed by atoms with van der Waals surface area (Å²) in [5, 5.41) is 4.41. The van der Waals surface area contributed by atoms with E-state index in [-0.39, 0.29) is 11.7 Å². The fourth-order valence-electron chi connectivity index (χ4n) is 0.323. The number of rotatable bonds is 3. The van der Waals surface area contributed by atoms with Crippen molar-refractivity contribution in [1.29, 1.82) is 0 Å². The number of carbonyl (C=O) groups is 2. The zero-order valence-electron chi connectivity index (χ0n) is 5.55. The Balaban J connectivity index is 3.88. The topological polar surface area (TPSA) is 84.2 Å². The van der Waals surface area contributed by atoms with E-state index >= 15 is 0 Å². The Kier molecular flexibility index (Phi) is 3.70.